The van der Waals surface area contributed by atoms with Gasteiger partial charge in [-0.05, 0) is 37.8 Å². The highest BCUT2D eigenvalue weighted by atomic mass is 16.7. The minimum atomic E-state index is -0.310. The van der Waals surface area contributed by atoms with Gasteiger partial charge in [0.15, 0.2) is 5.79 Å². The quantitative estimate of drug-likeness (QED) is 0.848. The van der Waals surface area contributed by atoms with Gasteiger partial charge >= 0.3 is 0 Å². The molecule has 4 rings (SSSR count). The van der Waals surface area contributed by atoms with Gasteiger partial charge < -0.3 is 14.2 Å². The van der Waals surface area contributed by atoms with Gasteiger partial charge in [0, 0.05) is 31.5 Å². The number of nitrogens with zero attached hydrogens (tertiary/aromatic N) is 1. The summed E-state index contributed by atoms with van der Waals surface area (Å²) in [6, 6.07) is 11.0. The minimum Gasteiger partial charge on any atom is -0.381 e. The lowest BCUT2D eigenvalue weighted by Crippen LogP contribution is -2.52. The Morgan fingerprint density at radius 2 is 1.71 bits per heavy atom. The zero-order valence-corrected chi connectivity index (χ0v) is 14.7. The molecule has 0 aromatic heterocycles. The van der Waals surface area contributed by atoms with Crippen LogP contribution in [-0.4, -0.2) is 50.7 Å². The summed E-state index contributed by atoms with van der Waals surface area (Å²) in [5, 5.41) is 0. The molecule has 0 N–H and O–H groups in total. The maximum Gasteiger partial charge on any atom is 0.168 e. The lowest BCUT2D eigenvalue weighted by atomic mass is 9.73. The van der Waals surface area contributed by atoms with Crippen molar-refractivity contribution in [3.8, 4) is 0 Å². The fourth-order valence-corrected chi connectivity index (χ4v) is 4.76. The Morgan fingerprint density at radius 1 is 1.00 bits per heavy atom. The van der Waals surface area contributed by atoms with Crippen LogP contribution in [0, 0.1) is 5.92 Å². The van der Waals surface area contributed by atoms with Gasteiger partial charge in [-0.1, -0.05) is 30.3 Å². The standard InChI is InChI=1S/C20H29NO3/c1-21(15-17-7-12-22-16-17)19(18-5-3-2-4-6-18)8-10-20(11-9-19)23-13-14-24-20/h2-6,17H,7-16H2,1H3. The molecule has 1 saturated carbocycles. The average Bonchev–Trinajstić information content (AvgIpc) is 3.29. The third-order valence-corrected chi connectivity index (χ3v) is 6.25. The summed E-state index contributed by atoms with van der Waals surface area (Å²) in [6.07, 6.45) is 5.31. The summed E-state index contributed by atoms with van der Waals surface area (Å²) < 4.78 is 17.5. The summed E-state index contributed by atoms with van der Waals surface area (Å²) in [5.74, 6) is 0.348. The van der Waals surface area contributed by atoms with Crippen molar-refractivity contribution >= 4 is 0 Å². The van der Waals surface area contributed by atoms with E-state index in [0.717, 1.165) is 58.7 Å². The van der Waals surface area contributed by atoms with Gasteiger partial charge in [0.05, 0.1) is 19.8 Å². The highest BCUT2D eigenvalue weighted by molar-refractivity contribution is 5.26. The number of ether oxygens (including phenoxy) is 3. The van der Waals surface area contributed by atoms with Crippen LogP contribution in [0.4, 0.5) is 0 Å². The smallest absolute Gasteiger partial charge is 0.168 e. The molecule has 0 amide bonds. The van der Waals surface area contributed by atoms with Crippen LogP contribution in [-0.2, 0) is 19.7 Å². The second-order valence-corrected chi connectivity index (χ2v) is 7.62. The van der Waals surface area contributed by atoms with Crippen molar-refractivity contribution in [2.45, 2.75) is 43.4 Å². The predicted molar refractivity (Wildman–Crippen MR) is 92.8 cm³/mol. The van der Waals surface area contributed by atoms with Crippen LogP contribution in [0.15, 0.2) is 30.3 Å². The van der Waals surface area contributed by atoms with E-state index in [1.165, 1.54) is 12.0 Å². The molecule has 1 unspecified atom stereocenters. The molecule has 24 heavy (non-hydrogen) atoms. The van der Waals surface area contributed by atoms with Crippen LogP contribution in [0.2, 0.25) is 0 Å². The summed E-state index contributed by atoms with van der Waals surface area (Å²) >= 11 is 0. The van der Waals surface area contributed by atoms with Crippen molar-refractivity contribution in [1.82, 2.24) is 4.90 Å². The van der Waals surface area contributed by atoms with Gasteiger partial charge in [0.25, 0.3) is 0 Å². The highest BCUT2D eigenvalue weighted by Gasteiger charge is 2.48. The molecule has 4 nitrogen and oxygen atoms in total. The molecule has 1 aromatic carbocycles. The number of hydrogen-bond donors (Lipinski definition) is 0. The van der Waals surface area contributed by atoms with Crippen molar-refractivity contribution in [3.05, 3.63) is 35.9 Å². The van der Waals surface area contributed by atoms with Crippen LogP contribution in [0.5, 0.6) is 0 Å². The average molecular weight is 331 g/mol. The molecule has 3 fully saturated rings. The molecule has 0 bridgehead atoms. The maximum absolute atomic E-state index is 5.96. The molecule has 132 valence electrons. The lowest BCUT2D eigenvalue weighted by Gasteiger charge is -2.49. The summed E-state index contributed by atoms with van der Waals surface area (Å²) in [6.45, 7) is 4.41. The Kier molecular flexibility index (Phi) is 4.65. The van der Waals surface area contributed by atoms with E-state index in [-0.39, 0.29) is 11.3 Å². The SMILES string of the molecule is CN(CC1CCOC1)C1(c2ccccc2)CCC2(CC1)OCCO2. The van der Waals surface area contributed by atoms with Crippen LogP contribution in [0.1, 0.15) is 37.7 Å². The zero-order valence-electron chi connectivity index (χ0n) is 14.7. The van der Waals surface area contributed by atoms with E-state index >= 15 is 0 Å². The minimum absolute atomic E-state index is 0.0877. The predicted octanol–water partition coefficient (Wildman–Crippen LogP) is 3.17. The third kappa shape index (κ3) is 3.01. The lowest BCUT2D eigenvalue weighted by molar-refractivity contribution is -0.195. The Hall–Kier alpha value is -0.940. The van der Waals surface area contributed by atoms with Crippen LogP contribution in [0.25, 0.3) is 0 Å². The first-order valence-corrected chi connectivity index (χ1v) is 9.35. The molecule has 1 atom stereocenters. The molecule has 3 aliphatic rings. The van der Waals surface area contributed by atoms with Gasteiger partial charge in [-0.15, -0.1) is 0 Å². The van der Waals surface area contributed by atoms with Gasteiger partial charge in [0.1, 0.15) is 0 Å². The third-order valence-electron chi connectivity index (χ3n) is 6.25. The van der Waals surface area contributed by atoms with Crippen LogP contribution >= 0.6 is 0 Å². The van der Waals surface area contributed by atoms with Gasteiger partial charge in [0.2, 0.25) is 0 Å². The first-order valence-electron chi connectivity index (χ1n) is 9.35. The van der Waals surface area contributed by atoms with Crippen molar-refractivity contribution < 1.29 is 14.2 Å². The Morgan fingerprint density at radius 3 is 2.33 bits per heavy atom. The van der Waals surface area contributed by atoms with E-state index < -0.39 is 0 Å². The van der Waals surface area contributed by atoms with Crippen LogP contribution in [0.3, 0.4) is 0 Å². The number of hydrogen-bond acceptors (Lipinski definition) is 4. The maximum atomic E-state index is 5.96. The number of benzene rings is 1. The van der Waals surface area contributed by atoms with E-state index in [4.69, 9.17) is 14.2 Å². The fraction of sp³-hybridized carbons (Fsp3) is 0.700. The number of rotatable bonds is 4. The molecule has 1 aromatic rings. The highest BCUT2D eigenvalue weighted by Crippen LogP contribution is 2.48. The Bertz CT molecular complexity index is 525. The van der Waals surface area contributed by atoms with E-state index in [1.807, 2.05) is 0 Å². The van der Waals surface area contributed by atoms with Crippen molar-refractivity contribution in [1.29, 1.82) is 0 Å². The summed E-state index contributed by atoms with van der Waals surface area (Å²) in [7, 11) is 2.29. The second kappa shape index (κ2) is 6.75. The zero-order chi connectivity index (χ0) is 16.5. The molecule has 4 heteroatoms. The Labute approximate surface area is 145 Å². The summed E-state index contributed by atoms with van der Waals surface area (Å²) in [4.78, 5) is 2.59. The topological polar surface area (TPSA) is 30.9 Å². The van der Waals surface area contributed by atoms with E-state index in [9.17, 15) is 0 Å². The van der Waals surface area contributed by atoms with E-state index in [0.29, 0.717) is 5.92 Å². The van der Waals surface area contributed by atoms with E-state index in [2.05, 4.69) is 42.3 Å². The van der Waals surface area contributed by atoms with Gasteiger partial charge in [-0.2, -0.15) is 0 Å². The molecule has 2 saturated heterocycles. The van der Waals surface area contributed by atoms with Crippen molar-refractivity contribution in [2.75, 3.05) is 40.0 Å². The van der Waals surface area contributed by atoms with Gasteiger partial charge in [-0.3, -0.25) is 4.90 Å². The monoisotopic (exact) mass is 331 g/mol. The van der Waals surface area contributed by atoms with Crippen LogP contribution < -0.4 is 0 Å². The summed E-state index contributed by atoms with van der Waals surface area (Å²) in [5.41, 5.74) is 1.52. The first kappa shape index (κ1) is 16.5. The molecule has 1 spiro atoms. The molecular weight excluding hydrogens is 302 g/mol. The van der Waals surface area contributed by atoms with E-state index in [1.54, 1.807) is 0 Å². The molecule has 1 aliphatic carbocycles. The molecule has 2 aliphatic heterocycles. The second-order valence-electron chi connectivity index (χ2n) is 7.62. The van der Waals surface area contributed by atoms with Gasteiger partial charge in [-0.25, -0.2) is 0 Å². The molecule has 0 radical (unpaired) electrons. The fourth-order valence-electron chi connectivity index (χ4n) is 4.76. The first-order chi connectivity index (χ1) is 11.7. The van der Waals surface area contributed by atoms with Crippen molar-refractivity contribution in [2.24, 2.45) is 5.92 Å². The Balaban J connectivity index is 1.56. The largest absolute Gasteiger partial charge is 0.381 e. The molecule has 2 heterocycles. The normalized spacial score (nSPS) is 28.7. The van der Waals surface area contributed by atoms with Crippen molar-refractivity contribution in [3.63, 3.8) is 0 Å². The molecular formula is C20H29NO3.